The van der Waals surface area contributed by atoms with Gasteiger partial charge in [-0.15, -0.1) is 12.4 Å². The molecule has 1 aliphatic rings. The smallest absolute Gasteiger partial charge is 0.334 e. The van der Waals surface area contributed by atoms with Crippen LogP contribution < -0.4 is 5.73 Å². The Morgan fingerprint density at radius 2 is 2.30 bits per heavy atom. The topological polar surface area (TPSA) is 72.5 Å². The van der Waals surface area contributed by atoms with E-state index >= 15 is 0 Å². The Morgan fingerprint density at radius 1 is 1.70 bits per heavy atom. The zero-order valence-electron chi connectivity index (χ0n) is 5.32. The number of carboxylic acid groups (broad SMARTS) is 1. The summed E-state index contributed by atoms with van der Waals surface area (Å²) in [5.74, 6) is -0.958. The van der Waals surface area contributed by atoms with Gasteiger partial charge in [0.1, 0.15) is 0 Å². The Labute approximate surface area is 64.8 Å². The van der Waals surface area contributed by atoms with Crippen molar-refractivity contribution in [3.05, 3.63) is 0 Å². The van der Waals surface area contributed by atoms with Crippen LogP contribution in [-0.4, -0.2) is 29.8 Å². The average molecular weight is 168 g/mol. The Morgan fingerprint density at radius 3 is 2.50 bits per heavy atom. The first-order valence-corrected chi connectivity index (χ1v) is 2.82. The van der Waals surface area contributed by atoms with Gasteiger partial charge in [0.2, 0.25) is 0 Å². The fourth-order valence-corrected chi connectivity index (χ4v) is 0.860. The van der Waals surface area contributed by atoms with E-state index in [0.717, 1.165) is 0 Å². The summed E-state index contributed by atoms with van der Waals surface area (Å²) in [4.78, 5) is 10.2. The van der Waals surface area contributed by atoms with Crippen molar-refractivity contribution in [2.24, 2.45) is 5.73 Å². The van der Waals surface area contributed by atoms with Crippen molar-refractivity contribution in [2.45, 2.75) is 18.6 Å². The molecule has 60 valence electrons. The number of hydrogen-bond donors (Lipinski definition) is 2. The predicted octanol–water partition coefficient (Wildman–Crippen LogP) is -0.391. The van der Waals surface area contributed by atoms with E-state index in [1.165, 1.54) is 0 Å². The number of aliphatic carboxylic acids is 1. The van der Waals surface area contributed by atoms with E-state index in [0.29, 0.717) is 13.0 Å². The summed E-state index contributed by atoms with van der Waals surface area (Å²) in [6.07, 6.45) is -0.123. The van der Waals surface area contributed by atoms with Crippen molar-refractivity contribution >= 4 is 18.4 Å². The highest BCUT2D eigenvalue weighted by atomic mass is 35.5. The lowest BCUT2D eigenvalue weighted by atomic mass is 10.2. The molecule has 10 heavy (non-hydrogen) atoms. The molecule has 0 radical (unpaired) electrons. The quantitative estimate of drug-likeness (QED) is 0.558. The Hall–Kier alpha value is -0.320. The normalized spacial score (nSPS) is 31.3. The third-order valence-electron chi connectivity index (χ3n) is 1.38. The van der Waals surface area contributed by atoms with Gasteiger partial charge in [-0.1, -0.05) is 0 Å². The van der Waals surface area contributed by atoms with Crippen LogP contribution in [0.5, 0.6) is 0 Å². The molecule has 0 saturated carbocycles. The van der Waals surface area contributed by atoms with Crippen molar-refractivity contribution in [1.82, 2.24) is 0 Å². The minimum absolute atomic E-state index is 0. The van der Waals surface area contributed by atoms with Crippen LogP contribution in [0.3, 0.4) is 0 Å². The van der Waals surface area contributed by atoms with Gasteiger partial charge in [-0.3, -0.25) is 0 Å². The lowest BCUT2D eigenvalue weighted by molar-refractivity contribution is -0.147. The Kier molecular flexibility index (Phi) is 3.63. The fraction of sp³-hybridized carbons (Fsp3) is 0.800. The SMILES string of the molecule is Cl.N[C@@H]1CCO[C@H]1C(=O)O. The van der Waals surface area contributed by atoms with Gasteiger partial charge in [-0.2, -0.15) is 0 Å². The van der Waals surface area contributed by atoms with E-state index in [4.69, 9.17) is 15.6 Å². The van der Waals surface area contributed by atoms with Crippen molar-refractivity contribution in [2.75, 3.05) is 6.61 Å². The largest absolute Gasteiger partial charge is 0.479 e. The van der Waals surface area contributed by atoms with Crippen LogP contribution in [0.1, 0.15) is 6.42 Å². The molecule has 1 rings (SSSR count). The number of ether oxygens (including phenoxy) is 1. The van der Waals surface area contributed by atoms with Crippen LogP contribution in [0.15, 0.2) is 0 Å². The number of hydrogen-bond acceptors (Lipinski definition) is 3. The monoisotopic (exact) mass is 167 g/mol. The van der Waals surface area contributed by atoms with Gasteiger partial charge in [0, 0.05) is 12.6 Å². The molecule has 0 spiro atoms. The number of carboxylic acids is 1. The minimum atomic E-state index is -0.958. The maximum Gasteiger partial charge on any atom is 0.334 e. The first-order valence-electron chi connectivity index (χ1n) is 2.82. The van der Waals surface area contributed by atoms with E-state index in [-0.39, 0.29) is 18.4 Å². The molecule has 0 amide bonds. The molecule has 0 aromatic carbocycles. The van der Waals surface area contributed by atoms with Crippen LogP contribution in [0.25, 0.3) is 0 Å². The minimum Gasteiger partial charge on any atom is -0.479 e. The lowest BCUT2D eigenvalue weighted by Crippen LogP contribution is -2.36. The van der Waals surface area contributed by atoms with Gasteiger partial charge in [0.15, 0.2) is 6.10 Å². The molecule has 3 N–H and O–H groups in total. The molecule has 5 heteroatoms. The number of rotatable bonds is 1. The number of nitrogens with two attached hydrogens (primary N) is 1. The van der Waals surface area contributed by atoms with Crippen molar-refractivity contribution < 1.29 is 14.6 Å². The van der Waals surface area contributed by atoms with Gasteiger partial charge in [-0.25, -0.2) is 4.79 Å². The second-order valence-electron chi connectivity index (χ2n) is 2.08. The highest BCUT2D eigenvalue weighted by Crippen LogP contribution is 2.10. The van der Waals surface area contributed by atoms with E-state index in [2.05, 4.69) is 0 Å². The second-order valence-corrected chi connectivity index (χ2v) is 2.08. The van der Waals surface area contributed by atoms with Gasteiger partial charge in [0.25, 0.3) is 0 Å². The Bertz CT molecular complexity index is 130. The number of carbonyl (C=O) groups is 1. The van der Waals surface area contributed by atoms with Crippen LogP contribution in [0.4, 0.5) is 0 Å². The maximum atomic E-state index is 10.2. The predicted molar refractivity (Wildman–Crippen MR) is 37.2 cm³/mol. The molecular formula is C5H10ClNO3. The third-order valence-corrected chi connectivity index (χ3v) is 1.38. The zero-order valence-corrected chi connectivity index (χ0v) is 6.13. The van der Waals surface area contributed by atoms with E-state index < -0.39 is 12.1 Å². The van der Waals surface area contributed by atoms with E-state index in [1.54, 1.807) is 0 Å². The lowest BCUT2D eigenvalue weighted by Gasteiger charge is -2.06. The highest BCUT2D eigenvalue weighted by molar-refractivity contribution is 5.85. The summed E-state index contributed by atoms with van der Waals surface area (Å²) < 4.78 is 4.80. The van der Waals surface area contributed by atoms with Crippen LogP contribution in [0, 0.1) is 0 Å². The molecular weight excluding hydrogens is 158 g/mol. The number of halogens is 1. The molecule has 1 fully saturated rings. The summed E-state index contributed by atoms with van der Waals surface area (Å²) in [6, 6.07) is -0.317. The molecule has 2 atom stereocenters. The summed E-state index contributed by atoms with van der Waals surface area (Å²) in [5, 5.41) is 8.38. The summed E-state index contributed by atoms with van der Waals surface area (Å²) >= 11 is 0. The highest BCUT2D eigenvalue weighted by Gasteiger charge is 2.30. The molecule has 1 heterocycles. The van der Waals surface area contributed by atoms with E-state index in [9.17, 15) is 4.79 Å². The molecule has 0 aromatic rings. The van der Waals surface area contributed by atoms with Gasteiger partial charge in [0.05, 0.1) is 0 Å². The third kappa shape index (κ3) is 1.83. The molecule has 0 aliphatic carbocycles. The summed E-state index contributed by atoms with van der Waals surface area (Å²) in [7, 11) is 0. The standard InChI is InChI=1S/C5H9NO3.ClH/c6-3-1-2-9-4(3)5(7)8;/h3-4H,1-2,6H2,(H,7,8);1H/t3-,4-;/m1./s1. The average Bonchev–Trinajstić information content (AvgIpc) is 2.13. The molecule has 0 unspecified atom stereocenters. The van der Waals surface area contributed by atoms with Gasteiger partial charge < -0.3 is 15.6 Å². The molecule has 0 bridgehead atoms. The molecule has 0 aromatic heterocycles. The van der Waals surface area contributed by atoms with Crippen molar-refractivity contribution in [1.29, 1.82) is 0 Å². The first-order chi connectivity index (χ1) is 4.22. The molecule has 1 aliphatic heterocycles. The molecule has 1 saturated heterocycles. The van der Waals surface area contributed by atoms with Crippen molar-refractivity contribution in [3.63, 3.8) is 0 Å². The maximum absolute atomic E-state index is 10.2. The second kappa shape index (κ2) is 3.75. The van der Waals surface area contributed by atoms with E-state index in [1.807, 2.05) is 0 Å². The zero-order chi connectivity index (χ0) is 6.85. The van der Waals surface area contributed by atoms with Gasteiger partial charge in [-0.05, 0) is 6.42 Å². The van der Waals surface area contributed by atoms with Crippen LogP contribution >= 0.6 is 12.4 Å². The van der Waals surface area contributed by atoms with Crippen molar-refractivity contribution in [3.8, 4) is 0 Å². The fourth-order valence-electron chi connectivity index (χ4n) is 0.860. The summed E-state index contributed by atoms with van der Waals surface area (Å²) in [6.45, 7) is 0.470. The first kappa shape index (κ1) is 9.68. The van der Waals surface area contributed by atoms with Crippen LogP contribution in [-0.2, 0) is 9.53 Å². The summed E-state index contributed by atoms with van der Waals surface area (Å²) in [5.41, 5.74) is 5.37. The van der Waals surface area contributed by atoms with Gasteiger partial charge >= 0.3 is 5.97 Å². The Balaban J connectivity index is 0.000000810. The van der Waals surface area contributed by atoms with Crippen LogP contribution in [0.2, 0.25) is 0 Å². The molecule has 4 nitrogen and oxygen atoms in total.